The van der Waals surface area contributed by atoms with Crippen LogP contribution in [0.25, 0.3) is 0 Å². The lowest BCUT2D eigenvalue weighted by atomic mass is 10.2. The summed E-state index contributed by atoms with van der Waals surface area (Å²) in [5.74, 6) is -1.05. The van der Waals surface area contributed by atoms with E-state index in [1.807, 2.05) is 6.92 Å². The van der Waals surface area contributed by atoms with Crippen LogP contribution in [0.2, 0.25) is 0 Å². The molecule has 2 N–H and O–H groups in total. The molecule has 1 heterocycles. The molecule has 1 saturated heterocycles. The minimum atomic E-state index is -3.01. The Balaban J connectivity index is 2.45. The number of carboxylic acids is 1. The molecule has 0 aromatic rings. The maximum atomic E-state index is 11.9. The minimum absolute atomic E-state index is 0.00442. The first-order chi connectivity index (χ1) is 9.23. The topological polar surface area (TPSA) is 104 Å². The molecule has 8 heteroatoms. The van der Waals surface area contributed by atoms with Crippen LogP contribution in [0.1, 0.15) is 26.7 Å². The minimum Gasteiger partial charge on any atom is -0.481 e. The zero-order valence-electron chi connectivity index (χ0n) is 11.8. The number of rotatable bonds is 7. The molecule has 0 saturated carbocycles. The van der Waals surface area contributed by atoms with Gasteiger partial charge in [-0.05, 0) is 19.9 Å². The van der Waals surface area contributed by atoms with Crippen LogP contribution < -0.4 is 5.32 Å². The van der Waals surface area contributed by atoms with Crippen molar-refractivity contribution < 1.29 is 23.1 Å². The summed E-state index contributed by atoms with van der Waals surface area (Å²) in [6.45, 7) is 4.25. The highest BCUT2D eigenvalue weighted by molar-refractivity contribution is 7.91. The molecule has 1 aliphatic heterocycles. The van der Waals surface area contributed by atoms with E-state index < -0.39 is 15.8 Å². The van der Waals surface area contributed by atoms with Crippen molar-refractivity contribution in [1.29, 1.82) is 0 Å². The second-order valence-corrected chi connectivity index (χ2v) is 7.41. The molecule has 0 aromatic heterocycles. The van der Waals surface area contributed by atoms with E-state index >= 15 is 0 Å². The molecule has 1 amide bonds. The summed E-state index contributed by atoms with van der Waals surface area (Å²) in [6.07, 6.45) is 0.420. The normalized spacial score (nSPS) is 22.6. The Bertz CT molecular complexity index is 462. The number of hydrogen-bond donors (Lipinski definition) is 2. The van der Waals surface area contributed by atoms with Gasteiger partial charge in [0.05, 0.1) is 24.5 Å². The Morgan fingerprint density at radius 3 is 2.55 bits per heavy atom. The molecule has 1 rings (SSSR count). The first-order valence-electron chi connectivity index (χ1n) is 6.69. The van der Waals surface area contributed by atoms with Crippen molar-refractivity contribution in [2.24, 2.45) is 0 Å². The maximum absolute atomic E-state index is 11.9. The fraction of sp³-hybridized carbons (Fsp3) is 0.833. The lowest BCUT2D eigenvalue weighted by Crippen LogP contribution is -2.45. The first-order valence-corrected chi connectivity index (χ1v) is 8.51. The van der Waals surface area contributed by atoms with Gasteiger partial charge in [-0.1, -0.05) is 6.92 Å². The molecule has 0 spiro atoms. The zero-order valence-corrected chi connectivity index (χ0v) is 12.6. The van der Waals surface area contributed by atoms with Crippen molar-refractivity contribution in [1.82, 2.24) is 10.2 Å². The van der Waals surface area contributed by atoms with E-state index in [1.165, 1.54) is 0 Å². The van der Waals surface area contributed by atoms with Crippen LogP contribution in [-0.4, -0.2) is 67.0 Å². The Hall–Kier alpha value is -1.15. The summed E-state index contributed by atoms with van der Waals surface area (Å²) in [6, 6.07) is -0.559. The molecule has 2 atom stereocenters. The molecular weight excluding hydrogens is 284 g/mol. The monoisotopic (exact) mass is 306 g/mol. The lowest BCUT2D eigenvalue weighted by Gasteiger charge is -2.26. The van der Waals surface area contributed by atoms with Crippen LogP contribution in [0, 0.1) is 0 Å². The van der Waals surface area contributed by atoms with Crippen LogP contribution >= 0.6 is 0 Å². The van der Waals surface area contributed by atoms with Gasteiger partial charge >= 0.3 is 5.97 Å². The van der Waals surface area contributed by atoms with Crippen LogP contribution in [0.15, 0.2) is 0 Å². The molecular formula is C12H22N2O5S. The number of likely N-dealkylation sites (N-methyl/N-ethyl adjacent to an activating group) is 1. The van der Waals surface area contributed by atoms with Gasteiger partial charge in [-0.2, -0.15) is 0 Å². The van der Waals surface area contributed by atoms with E-state index in [4.69, 9.17) is 5.11 Å². The summed E-state index contributed by atoms with van der Waals surface area (Å²) in [4.78, 5) is 24.3. The zero-order chi connectivity index (χ0) is 15.3. The Morgan fingerprint density at radius 1 is 1.45 bits per heavy atom. The van der Waals surface area contributed by atoms with Gasteiger partial charge in [-0.25, -0.2) is 8.42 Å². The fourth-order valence-electron chi connectivity index (χ4n) is 2.33. The molecule has 20 heavy (non-hydrogen) atoms. The third-order valence-electron chi connectivity index (χ3n) is 3.44. The number of carbonyl (C=O) groups is 2. The number of nitrogens with one attached hydrogen (secondary N) is 1. The summed E-state index contributed by atoms with van der Waals surface area (Å²) in [5, 5.41) is 11.5. The highest BCUT2D eigenvalue weighted by Gasteiger charge is 2.29. The Labute approximate surface area is 119 Å². The molecule has 0 bridgehead atoms. The van der Waals surface area contributed by atoms with Gasteiger partial charge in [0.1, 0.15) is 0 Å². The second kappa shape index (κ2) is 7.03. The Kier molecular flexibility index (Phi) is 5.94. The summed E-state index contributed by atoms with van der Waals surface area (Å²) in [5.41, 5.74) is 0. The quantitative estimate of drug-likeness (QED) is 0.655. The third kappa shape index (κ3) is 5.46. The van der Waals surface area contributed by atoms with Crippen molar-refractivity contribution in [3.8, 4) is 0 Å². The number of nitrogens with zero attached hydrogens (tertiary/aromatic N) is 1. The maximum Gasteiger partial charge on any atom is 0.304 e. The van der Waals surface area contributed by atoms with E-state index in [0.717, 1.165) is 0 Å². The van der Waals surface area contributed by atoms with Gasteiger partial charge in [0.15, 0.2) is 9.84 Å². The molecule has 0 radical (unpaired) electrons. The smallest absolute Gasteiger partial charge is 0.304 e. The van der Waals surface area contributed by atoms with Crippen molar-refractivity contribution in [3.63, 3.8) is 0 Å². The Morgan fingerprint density at radius 2 is 2.10 bits per heavy atom. The highest BCUT2D eigenvalue weighted by Crippen LogP contribution is 2.11. The molecule has 116 valence electrons. The number of hydrogen-bond acceptors (Lipinski definition) is 5. The number of carbonyl (C=O) groups excluding carboxylic acids is 1. The van der Waals surface area contributed by atoms with Crippen LogP contribution in [0.4, 0.5) is 0 Å². The van der Waals surface area contributed by atoms with Crippen molar-refractivity contribution in [2.45, 2.75) is 38.8 Å². The van der Waals surface area contributed by atoms with Crippen molar-refractivity contribution >= 4 is 21.7 Å². The predicted molar refractivity (Wildman–Crippen MR) is 74.2 cm³/mol. The van der Waals surface area contributed by atoms with Crippen LogP contribution in [0.5, 0.6) is 0 Å². The lowest BCUT2D eigenvalue weighted by molar-refractivity contribution is -0.139. The highest BCUT2D eigenvalue weighted by atomic mass is 32.2. The largest absolute Gasteiger partial charge is 0.481 e. The van der Waals surface area contributed by atoms with E-state index in [1.54, 1.807) is 11.8 Å². The molecule has 7 nitrogen and oxygen atoms in total. The molecule has 0 aliphatic carbocycles. The van der Waals surface area contributed by atoms with Gasteiger partial charge < -0.3 is 10.4 Å². The van der Waals surface area contributed by atoms with E-state index in [2.05, 4.69) is 5.32 Å². The van der Waals surface area contributed by atoms with Gasteiger partial charge in [0, 0.05) is 12.1 Å². The van der Waals surface area contributed by atoms with Crippen molar-refractivity contribution in [3.05, 3.63) is 0 Å². The third-order valence-corrected chi connectivity index (χ3v) is 5.21. The standard InChI is InChI=1S/C12H22N2O5S/c1-3-14(9(2)6-12(16)17)7-11(15)13-10-4-5-20(18,19)8-10/h9-10H,3-8H2,1-2H3,(H,13,15)(H,16,17). The number of sulfone groups is 1. The summed E-state index contributed by atoms with van der Waals surface area (Å²) >= 11 is 0. The fourth-order valence-corrected chi connectivity index (χ4v) is 4.00. The van der Waals surface area contributed by atoms with Crippen LogP contribution in [0.3, 0.4) is 0 Å². The molecule has 2 unspecified atom stereocenters. The number of amides is 1. The predicted octanol–water partition coefficient (Wildman–Crippen LogP) is -0.525. The number of aliphatic carboxylic acids is 1. The average Bonchev–Trinajstić information content (AvgIpc) is 2.64. The van der Waals surface area contributed by atoms with Crippen LogP contribution in [-0.2, 0) is 19.4 Å². The van der Waals surface area contributed by atoms with E-state index in [0.29, 0.717) is 13.0 Å². The average molecular weight is 306 g/mol. The SMILES string of the molecule is CCN(CC(=O)NC1CCS(=O)(=O)C1)C(C)CC(=O)O. The first kappa shape index (κ1) is 16.9. The second-order valence-electron chi connectivity index (χ2n) is 5.18. The molecule has 0 aromatic carbocycles. The van der Waals surface area contributed by atoms with E-state index in [9.17, 15) is 18.0 Å². The van der Waals surface area contributed by atoms with Gasteiger partial charge in [0.25, 0.3) is 0 Å². The molecule has 1 fully saturated rings. The van der Waals surface area contributed by atoms with Crippen molar-refractivity contribution in [2.75, 3.05) is 24.6 Å². The van der Waals surface area contributed by atoms with E-state index in [-0.39, 0.29) is 42.5 Å². The van der Waals surface area contributed by atoms with Gasteiger partial charge in [-0.15, -0.1) is 0 Å². The summed E-state index contributed by atoms with van der Waals surface area (Å²) in [7, 11) is -3.01. The van der Waals surface area contributed by atoms with Gasteiger partial charge in [0.2, 0.25) is 5.91 Å². The molecule has 1 aliphatic rings. The number of carboxylic acid groups (broad SMARTS) is 1. The van der Waals surface area contributed by atoms with Gasteiger partial charge in [-0.3, -0.25) is 14.5 Å². The summed E-state index contributed by atoms with van der Waals surface area (Å²) < 4.78 is 22.6.